The summed E-state index contributed by atoms with van der Waals surface area (Å²) in [7, 11) is 0. The Morgan fingerprint density at radius 2 is 1.95 bits per heavy atom. The molecule has 0 spiro atoms. The van der Waals surface area contributed by atoms with Crippen LogP contribution in [0.2, 0.25) is 0 Å². The van der Waals surface area contributed by atoms with Crippen molar-refractivity contribution in [3.63, 3.8) is 0 Å². The Balaban J connectivity index is 1.21. The number of carboxylic acid groups (broad SMARTS) is 1. The second kappa shape index (κ2) is 10.8. The minimum absolute atomic E-state index is 0.0498. The zero-order valence-corrected chi connectivity index (χ0v) is 22.0. The lowest BCUT2D eigenvalue weighted by Crippen LogP contribution is -2.34. The fourth-order valence-corrected chi connectivity index (χ4v) is 5.41. The molecule has 0 radical (unpaired) electrons. The maximum atomic E-state index is 14.3. The number of carboxylic acids is 1. The van der Waals surface area contributed by atoms with Crippen molar-refractivity contribution in [2.24, 2.45) is 0 Å². The number of alkyl halides is 3. The highest BCUT2D eigenvalue weighted by atomic mass is 19.4. The molecule has 7 nitrogen and oxygen atoms in total. The Morgan fingerprint density at radius 1 is 1.12 bits per heavy atom. The monoisotopic (exact) mass is 569 g/mol. The van der Waals surface area contributed by atoms with Crippen molar-refractivity contribution in [2.75, 3.05) is 13.2 Å². The van der Waals surface area contributed by atoms with Crippen LogP contribution in [0.1, 0.15) is 44.9 Å². The molecule has 0 amide bonds. The van der Waals surface area contributed by atoms with E-state index in [0.717, 1.165) is 60.1 Å². The fourth-order valence-electron chi connectivity index (χ4n) is 5.41. The minimum Gasteiger partial charge on any atom is -0.489 e. The van der Waals surface area contributed by atoms with E-state index in [1.54, 1.807) is 30.3 Å². The van der Waals surface area contributed by atoms with Gasteiger partial charge in [-0.2, -0.15) is 13.2 Å². The molecule has 0 unspecified atom stereocenters. The van der Waals surface area contributed by atoms with Gasteiger partial charge in [0.2, 0.25) is 0 Å². The average Bonchev–Trinajstić information content (AvgIpc) is 3.24. The van der Waals surface area contributed by atoms with Crippen molar-refractivity contribution in [2.45, 2.75) is 51.4 Å². The number of nitrogens with zero attached hydrogens (tertiary/aromatic N) is 3. The van der Waals surface area contributed by atoms with Crippen molar-refractivity contribution in [3.05, 3.63) is 94.1 Å². The molecule has 4 aromatic rings. The number of rotatable bonds is 8. The molecule has 0 saturated carbocycles. The largest absolute Gasteiger partial charge is 0.489 e. The van der Waals surface area contributed by atoms with E-state index in [4.69, 9.17) is 14.5 Å². The van der Waals surface area contributed by atoms with Gasteiger partial charge < -0.3 is 19.1 Å². The number of fused-ring (bicyclic) bond motifs is 2. The number of imidazole rings is 1. The molecule has 6 rings (SSSR count). The normalized spacial score (nSPS) is 17.3. The first-order chi connectivity index (χ1) is 19.7. The topological polar surface area (TPSA) is 76.8 Å². The highest BCUT2D eigenvalue weighted by Gasteiger charge is 2.34. The number of carbonyl (C=O) groups is 1. The number of aromatic carboxylic acids is 1. The third-order valence-electron chi connectivity index (χ3n) is 7.70. The number of hydrogen-bond acceptors (Lipinski definition) is 5. The molecular formula is C30H27F4N3O4. The highest BCUT2D eigenvalue weighted by molar-refractivity contribution is 5.92. The third kappa shape index (κ3) is 5.64. The second-order valence-electron chi connectivity index (χ2n) is 10.4. The quantitative estimate of drug-likeness (QED) is 0.270. The Labute approximate surface area is 232 Å². The van der Waals surface area contributed by atoms with Crippen LogP contribution in [0.25, 0.3) is 11.0 Å². The van der Waals surface area contributed by atoms with Gasteiger partial charge in [-0.3, -0.25) is 4.90 Å². The molecule has 214 valence electrons. The van der Waals surface area contributed by atoms with Crippen LogP contribution in [-0.4, -0.2) is 44.8 Å². The molecule has 1 saturated heterocycles. The number of hydrogen-bond donors (Lipinski definition) is 1. The number of aromatic nitrogens is 2. The first-order valence-corrected chi connectivity index (χ1v) is 13.3. The van der Waals surface area contributed by atoms with Gasteiger partial charge in [0.1, 0.15) is 24.0 Å². The van der Waals surface area contributed by atoms with E-state index in [-0.39, 0.29) is 11.7 Å². The van der Waals surface area contributed by atoms with Crippen molar-refractivity contribution < 1.29 is 36.9 Å². The molecule has 1 aromatic heterocycles. The average molecular weight is 570 g/mol. The van der Waals surface area contributed by atoms with Crippen molar-refractivity contribution >= 4 is 17.0 Å². The van der Waals surface area contributed by atoms with Crippen LogP contribution < -0.4 is 4.74 Å². The molecule has 0 aliphatic carbocycles. The van der Waals surface area contributed by atoms with E-state index in [9.17, 15) is 27.5 Å². The number of halogens is 4. The van der Waals surface area contributed by atoms with Crippen LogP contribution in [-0.2, 0) is 43.6 Å². The lowest BCUT2D eigenvalue weighted by molar-refractivity contribution is -0.138. The maximum Gasteiger partial charge on any atom is 0.416 e. The van der Waals surface area contributed by atoms with Crippen LogP contribution >= 0.6 is 0 Å². The molecule has 3 aromatic carbocycles. The van der Waals surface area contributed by atoms with Crippen LogP contribution in [0.3, 0.4) is 0 Å². The smallest absolute Gasteiger partial charge is 0.416 e. The summed E-state index contributed by atoms with van der Waals surface area (Å²) in [4.78, 5) is 18.6. The van der Waals surface area contributed by atoms with Crippen LogP contribution in [0, 0.1) is 5.82 Å². The third-order valence-corrected chi connectivity index (χ3v) is 7.70. The minimum atomic E-state index is -4.69. The Bertz CT molecular complexity index is 1610. The molecule has 2 aliphatic rings. The summed E-state index contributed by atoms with van der Waals surface area (Å²) in [5.41, 5.74) is 2.15. The summed E-state index contributed by atoms with van der Waals surface area (Å²) in [6.45, 7) is 2.57. The van der Waals surface area contributed by atoms with Crippen molar-refractivity contribution in [1.82, 2.24) is 14.5 Å². The predicted molar refractivity (Wildman–Crippen MR) is 141 cm³/mol. The Morgan fingerprint density at radius 3 is 2.68 bits per heavy atom. The Kier molecular flexibility index (Phi) is 7.16. The first-order valence-electron chi connectivity index (χ1n) is 13.3. The zero-order valence-electron chi connectivity index (χ0n) is 22.0. The summed E-state index contributed by atoms with van der Waals surface area (Å²) in [6.07, 6.45) is -2.95. The van der Waals surface area contributed by atoms with Crippen LogP contribution in [0.4, 0.5) is 17.6 Å². The molecule has 41 heavy (non-hydrogen) atoms. The molecule has 1 atom stereocenters. The predicted octanol–water partition coefficient (Wildman–Crippen LogP) is 5.82. The summed E-state index contributed by atoms with van der Waals surface area (Å²) in [5, 5.41) is 9.48. The van der Waals surface area contributed by atoms with E-state index in [1.807, 2.05) is 10.6 Å². The van der Waals surface area contributed by atoms with Gasteiger partial charge in [0.25, 0.3) is 0 Å². The van der Waals surface area contributed by atoms with Gasteiger partial charge in [-0.05, 0) is 66.4 Å². The second-order valence-corrected chi connectivity index (χ2v) is 10.4. The number of benzene rings is 3. The highest BCUT2D eigenvalue weighted by Crippen LogP contribution is 2.34. The van der Waals surface area contributed by atoms with E-state index in [1.165, 1.54) is 0 Å². The molecule has 3 heterocycles. The lowest BCUT2D eigenvalue weighted by Gasteiger charge is -2.30. The lowest BCUT2D eigenvalue weighted by atomic mass is 9.99. The van der Waals surface area contributed by atoms with Gasteiger partial charge in [-0.25, -0.2) is 14.2 Å². The zero-order chi connectivity index (χ0) is 28.7. The van der Waals surface area contributed by atoms with E-state index < -0.39 is 35.7 Å². The summed E-state index contributed by atoms with van der Waals surface area (Å²) >= 11 is 0. The number of ether oxygens (including phenoxy) is 2. The molecule has 1 fully saturated rings. The van der Waals surface area contributed by atoms with Gasteiger partial charge in [0, 0.05) is 25.3 Å². The molecule has 0 bridgehead atoms. The van der Waals surface area contributed by atoms with E-state index in [2.05, 4.69) is 4.90 Å². The maximum absolute atomic E-state index is 14.3. The first kappa shape index (κ1) is 27.2. The van der Waals surface area contributed by atoms with Crippen LogP contribution in [0.15, 0.2) is 54.6 Å². The summed E-state index contributed by atoms with van der Waals surface area (Å²) in [6, 6.07) is 13.2. The fraction of sp³-hybridized carbons (Fsp3) is 0.333. The van der Waals surface area contributed by atoms with E-state index >= 15 is 0 Å². The van der Waals surface area contributed by atoms with Crippen LogP contribution in [0.5, 0.6) is 5.75 Å². The standard InChI is InChI=1S/C30H27F4N3O4/c31-25-3-1-2-24(30(32,33)34)23(25)17-41-21-6-4-18-8-10-36(14-20(18)12-21)16-28-35-26-7-5-19(29(38)39)13-27(26)37(28)15-22-9-11-40-22/h1-7,12-13,22H,8-11,14-17H2,(H,38,39)/t22-/m0/s1. The van der Waals surface area contributed by atoms with Crippen molar-refractivity contribution in [3.8, 4) is 5.75 Å². The SMILES string of the molecule is O=C(O)c1ccc2nc(CN3CCc4ccc(OCc5c(F)cccc5C(F)(F)F)cc4C3)n(C[C@@H]3CCO3)c2c1. The molecule has 11 heteroatoms. The van der Waals surface area contributed by atoms with Gasteiger partial charge in [0.15, 0.2) is 0 Å². The van der Waals surface area contributed by atoms with Gasteiger partial charge >= 0.3 is 12.1 Å². The van der Waals surface area contributed by atoms with E-state index in [0.29, 0.717) is 37.5 Å². The van der Waals surface area contributed by atoms with Gasteiger partial charge in [-0.15, -0.1) is 0 Å². The molecule has 2 aliphatic heterocycles. The van der Waals surface area contributed by atoms with Gasteiger partial charge in [0.05, 0.1) is 41.4 Å². The summed E-state index contributed by atoms with van der Waals surface area (Å²) < 4.78 is 67.7. The molecular weight excluding hydrogens is 542 g/mol. The summed E-state index contributed by atoms with van der Waals surface area (Å²) in [5.74, 6) is -0.809. The van der Waals surface area contributed by atoms with Gasteiger partial charge in [-0.1, -0.05) is 12.1 Å². The van der Waals surface area contributed by atoms with Crippen molar-refractivity contribution in [1.29, 1.82) is 0 Å². The Hall–Kier alpha value is -3.96. The molecule has 1 N–H and O–H groups in total.